The molecule has 4 nitrogen and oxygen atoms in total. The molecule has 0 aliphatic carbocycles. The zero-order valence-electron chi connectivity index (χ0n) is 14.8. The van der Waals surface area contributed by atoms with Crippen LogP contribution in [-0.4, -0.2) is 11.1 Å². The Bertz CT molecular complexity index is 1030. The van der Waals surface area contributed by atoms with E-state index in [0.717, 1.165) is 16.9 Å². The molecular formula is C23H16ClNO3. The highest BCUT2D eigenvalue weighted by Gasteiger charge is 2.05. The topological polar surface area (TPSA) is 70.3 Å². The third kappa shape index (κ3) is 5.00. The van der Waals surface area contributed by atoms with Gasteiger partial charge < -0.3 is 9.84 Å². The van der Waals surface area contributed by atoms with Crippen molar-refractivity contribution >= 4 is 29.2 Å². The minimum absolute atomic E-state index is 0.184. The number of benzene rings is 3. The van der Waals surface area contributed by atoms with Crippen LogP contribution in [0, 0.1) is 11.3 Å². The van der Waals surface area contributed by atoms with Crippen molar-refractivity contribution in [3.8, 4) is 11.8 Å². The first-order valence-corrected chi connectivity index (χ1v) is 8.86. The molecule has 3 aromatic rings. The van der Waals surface area contributed by atoms with Crippen molar-refractivity contribution in [1.82, 2.24) is 0 Å². The second kappa shape index (κ2) is 8.90. The molecule has 138 valence electrons. The summed E-state index contributed by atoms with van der Waals surface area (Å²) in [6.07, 6.45) is 1.75. The number of ether oxygens (including phenoxy) is 1. The predicted octanol–water partition coefficient (Wildman–Crippen LogP) is 5.68. The molecule has 0 bridgehead atoms. The Morgan fingerprint density at radius 1 is 0.964 bits per heavy atom. The molecule has 3 rings (SSSR count). The number of nitriles is 1. The van der Waals surface area contributed by atoms with Crippen molar-refractivity contribution < 1.29 is 14.6 Å². The molecule has 0 aromatic heterocycles. The second-order valence-electron chi connectivity index (χ2n) is 6.04. The number of hydrogen-bond acceptors (Lipinski definition) is 3. The van der Waals surface area contributed by atoms with Crippen LogP contribution < -0.4 is 4.74 Å². The zero-order valence-corrected chi connectivity index (χ0v) is 15.6. The molecule has 28 heavy (non-hydrogen) atoms. The van der Waals surface area contributed by atoms with Crippen LogP contribution in [0.25, 0.3) is 11.6 Å². The lowest BCUT2D eigenvalue weighted by atomic mass is 10.0. The predicted molar refractivity (Wildman–Crippen MR) is 109 cm³/mol. The Balaban J connectivity index is 1.69. The number of carbonyl (C=O) groups is 1. The Morgan fingerprint density at radius 2 is 1.57 bits per heavy atom. The molecule has 0 amide bonds. The first-order chi connectivity index (χ1) is 13.5. The molecule has 0 spiro atoms. The minimum Gasteiger partial charge on any atom is -0.489 e. The fourth-order valence-corrected chi connectivity index (χ4v) is 2.67. The lowest BCUT2D eigenvalue weighted by molar-refractivity contribution is 0.0697. The number of carboxylic acid groups (broad SMARTS) is 1. The number of allylic oxidation sites excluding steroid dienone is 1. The monoisotopic (exact) mass is 389 g/mol. The van der Waals surface area contributed by atoms with E-state index in [1.807, 2.05) is 48.5 Å². The molecular weight excluding hydrogens is 374 g/mol. The Kier molecular flexibility index (Phi) is 6.11. The average Bonchev–Trinajstić information content (AvgIpc) is 2.72. The van der Waals surface area contributed by atoms with E-state index in [-0.39, 0.29) is 5.56 Å². The van der Waals surface area contributed by atoms with Gasteiger partial charge in [0.2, 0.25) is 0 Å². The fraction of sp³-hybridized carbons (Fsp3) is 0.0435. The van der Waals surface area contributed by atoms with Crippen LogP contribution in [-0.2, 0) is 6.61 Å². The third-order valence-corrected chi connectivity index (χ3v) is 4.33. The van der Waals surface area contributed by atoms with Gasteiger partial charge in [-0.05, 0) is 59.2 Å². The van der Waals surface area contributed by atoms with Gasteiger partial charge in [-0.25, -0.2) is 4.79 Å². The van der Waals surface area contributed by atoms with Crippen molar-refractivity contribution in [3.05, 3.63) is 100 Å². The molecule has 0 atom stereocenters. The average molecular weight is 390 g/mol. The summed E-state index contributed by atoms with van der Waals surface area (Å²) in [5.41, 5.74) is 3.16. The molecule has 0 aliphatic rings. The van der Waals surface area contributed by atoms with Gasteiger partial charge in [-0.3, -0.25) is 0 Å². The first-order valence-electron chi connectivity index (χ1n) is 8.48. The Morgan fingerprint density at radius 3 is 2.14 bits per heavy atom. The summed E-state index contributed by atoms with van der Waals surface area (Å²) in [5, 5.41) is 19.1. The number of carboxylic acids is 1. The van der Waals surface area contributed by atoms with E-state index in [2.05, 4.69) is 6.07 Å². The van der Waals surface area contributed by atoms with Crippen LogP contribution >= 0.6 is 11.6 Å². The largest absolute Gasteiger partial charge is 0.489 e. The maximum atomic E-state index is 10.9. The second-order valence-corrected chi connectivity index (χ2v) is 6.47. The van der Waals surface area contributed by atoms with E-state index in [0.29, 0.717) is 22.8 Å². The van der Waals surface area contributed by atoms with E-state index < -0.39 is 5.97 Å². The molecule has 3 aromatic carbocycles. The molecule has 0 saturated carbocycles. The third-order valence-electron chi connectivity index (χ3n) is 4.07. The molecule has 0 unspecified atom stereocenters. The van der Waals surface area contributed by atoms with Gasteiger partial charge in [0.05, 0.1) is 17.2 Å². The summed E-state index contributed by atoms with van der Waals surface area (Å²) in [7, 11) is 0. The van der Waals surface area contributed by atoms with Crippen molar-refractivity contribution in [3.63, 3.8) is 0 Å². The highest BCUT2D eigenvalue weighted by atomic mass is 35.5. The quantitative estimate of drug-likeness (QED) is 0.434. The number of hydrogen-bond donors (Lipinski definition) is 1. The van der Waals surface area contributed by atoms with E-state index >= 15 is 0 Å². The van der Waals surface area contributed by atoms with Gasteiger partial charge in [0.15, 0.2) is 0 Å². The van der Waals surface area contributed by atoms with Gasteiger partial charge in [0.25, 0.3) is 0 Å². The van der Waals surface area contributed by atoms with Gasteiger partial charge in [-0.1, -0.05) is 48.0 Å². The van der Waals surface area contributed by atoms with Crippen LogP contribution in [0.3, 0.4) is 0 Å². The molecule has 0 aliphatic heterocycles. The Labute approximate surface area is 167 Å². The lowest BCUT2D eigenvalue weighted by Gasteiger charge is -2.07. The van der Waals surface area contributed by atoms with E-state index in [9.17, 15) is 10.1 Å². The highest BCUT2D eigenvalue weighted by molar-refractivity contribution is 6.30. The van der Waals surface area contributed by atoms with Crippen LogP contribution in [0.15, 0.2) is 72.8 Å². The smallest absolute Gasteiger partial charge is 0.335 e. The van der Waals surface area contributed by atoms with Crippen LogP contribution in [0.4, 0.5) is 0 Å². The van der Waals surface area contributed by atoms with E-state index in [1.54, 1.807) is 18.2 Å². The van der Waals surface area contributed by atoms with Crippen molar-refractivity contribution in [2.24, 2.45) is 0 Å². The van der Waals surface area contributed by atoms with Crippen molar-refractivity contribution in [1.29, 1.82) is 5.26 Å². The van der Waals surface area contributed by atoms with Crippen molar-refractivity contribution in [2.45, 2.75) is 6.61 Å². The molecule has 0 fully saturated rings. The molecule has 5 heteroatoms. The molecule has 0 heterocycles. The van der Waals surface area contributed by atoms with E-state index in [1.165, 1.54) is 12.1 Å². The maximum absolute atomic E-state index is 10.9. The van der Waals surface area contributed by atoms with Crippen LogP contribution in [0.2, 0.25) is 5.02 Å². The minimum atomic E-state index is -0.997. The SMILES string of the molecule is N#CC(=Cc1ccc(OCc2ccc(Cl)cc2)cc1)c1ccc(C(=O)O)cc1. The summed E-state index contributed by atoms with van der Waals surface area (Å²) >= 11 is 5.87. The summed E-state index contributed by atoms with van der Waals surface area (Å²) in [6, 6.07) is 23.2. The highest BCUT2D eigenvalue weighted by Crippen LogP contribution is 2.21. The number of rotatable bonds is 6. The summed E-state index contributed by atoms with van der Waals surface area (Å²) in [6.45, 7) is 0.436. The molecule has 0 saturated heterocycles. The zero-order chi connectivity index (χ0) is 19.9. The lowest BCUT2D eigenvalue weighted by Crippen LogP contribution is -1.95. The van der Waals surface area contributed by atoms with Crippen molar-refractivity contribution in [2.75, 3.05) is 0 Å². The molecule has 1 N–H and O–H groups in total. The van der Waals surface area contributed by atoms with Crippen LogP contribution in [0.5, 0.6) is 5.75 Å². The van der Waals surface area contributed by atoms with Crippen LogP contribution in [0.1, 0.15) is 27.0 Å². The number of nitrogens with zero attached hydrogens (tertiary/aromatic N) is 1. The molecule has 0 radical (unpaired) electrons. The van der Waals surface area contributed by atoms with Gasteiger partial charge in [0.1, 0.15) is 12.4 Å². The standard InChI is InChI=1S/C23H16ClNO3/c24-21-9-1-17(2-10-21)15-28-22-11-3-16(4-12-22)13-20(14-25)18-5-7-19(8-6-18)23(26)27/h1-13H,15H2,(H,26,27). The van der Waals surface area contributed by atoms with E-state index in [4.69, 9.17) is 21.4 Å². The Hall–Kier alpha value is -3.55. The van der Waals surface area contributed by atoms with Gasteiger partial charge in [-0.2, -0.15) is 5.26 Å². The maximum Gasteiger partial charge on any atom is 0.335 e. The fourth-order valence-electron chi connectivity index (χ4n) is 2.55. The summed E-state index contributed by atoms with van der Waals surface area (Å²) in [5.74, 6) is -0.278. The normalized spacial score (nSPS) is 10.9. The summed E-state index contributed by atoms with van der Waals surface area (Å²) in [4.78, 5) is 10.9. The van der Waals surface area contributed by atoms with Gasteiger partial charge in [0, 0.05) is 5.02 Å². The van der Waals surface area contributed by atoms with Gasteiger partial charge >= 0.3 is 5.97 Å². The first kappa shape index (κ1) is 19.2. The van der Waals surface area contributed by atoms with Gasteiger partial charge in [-0.15, -0.1) is 0 Å². The number of aromatic carboxylic acids is 1. The summed E-state index contributed by atoms with van der Waals surface area (Å²) < 4.78 is 5.75. The number of halogens is 1.